The Kier molecular flexibility index (Phi) is 6.09. The second-order valence-electron chi connectivity index (χ2n) is 5.45. The summed E-state index contributed by atoms with van der Waals surface area (Å²) in [6.45, 7) is 9.76. The molecule has 0 radical (unpaired) electrons. The zero-order valence-corrected chi connectivity index (χ0v) is 12.1. The van der Waals surface area contributed by atoms with Gasteiger partial charge in [-0.1, -0.05) is 20.3 Å². The minimum absolute atomic E-state index is 0.233. The van der Waals surface area contributed by atoms with Crippen molar-refractivity contribution >= 4 is 5.91 Å². The van der Waals surface area contributed by atoms with Gasteiger partial charge in [0.1, 0.15) is 0 Å². The molecule has 18 heavy (non-hydrogen) atoms. The summed E-state index contributed by atoms with van der Waals surface area (Å²) in [5.41, 5.74) is 5.52. The van der Waals surface area contributed by atoms with Crippen LogP contribution in [0, 0.1) is 11.3 Å². The first-order valence-electron chi connectivity index (χ1n) is 7.16. The lowest BCUT2D eigenvalue weighted by Gasteiger charge is -2.39. The molecule has 0 aromatic carbocycles. The molecule has 0 aliphatic carbocycles. The summed E-state index contributed by atoms with van der Waals surface area (Å²) in [5.74, 6) is 0.777. The van der Waals surface area contributed by atoms with Crippen molar-refractivity contribution < 1.29 is 9.53 Å². The van der Waals surface area contributed by atoms with E-state index in [1.165, 1.54) is 0 Å². The number of carbonyl (C=O) groups excluding carboxylic acids is 1. The zero-order valence-electron chi connectivity index (χ0n) is 12.1. The summed E-state index contributed by atoms with van der Waals surface area (Å²) >= 11 is 0. The summed E-state index contributed by atoms with van der Waals surface area (Å²) < 4.78 is 5.37. The van der Waals surface area contributed by atoms with Crippen molar-refractivity contribution in [1.82, 2.24) is 4.90 Å². The third-order valence-corrected chi connectivity index (χ3v) is 4.19. The monoisotopic (exact) mass is 256 g/mol. The predicted molar refractivity (Wildman–Crippen MR) is 73.2 cm³/mol. The molecule has 0 aromatic rings. The minimum Gasteiger partial charge on any atom is -0.381 e. The van der Waals surface area contributed by atoms with E-state index in [2.05, 4.69) is 13.8 Å². The van der Waals surface area contributed by atoms with Crippen LogP contribution in [0.3, 0.4) is 0 Å². The highest BCUT2D eigenvalue weighted by molar-refractivity contribution is 5.83. The maximum atomic E-state index is 12.7. The minimum atomic E-state index is -0.373. The summed E-state index contributed by atoms with van der Waals surface area (Å²) in [6.07, 6.45) is 2.63. The average Bonchev–Trinajstić information content (AvgIpc) is 2.44. The Morgan fingerprint density at radius 3 is 2.44 bits per heavy atom. The fraction of sp³-hybridized carbons (Fsp3) is 0.929. The number of ether oxygens (including phenoxy) is 1. The highest BCUT2D eigenvalue weighted by Gasteiger charge is 2.41. The molecule has 1 aliphatic heterocycles. The van der Waals surface area contributed by atoms with Gasteiger partial charge >= 0.3 is 0 Å². The third-order valence-electron chi connectivity index (χ3n) is 4.19. The SMILES string of the molecule is CCC(C)CN(CC)C(=O)C1(CN)CCOCC1. The van der Waals surface area contributed by atoms with Crippen molar-refractivity contribution in [3.8, 4) is 0 Å². The van der Waals surface area contributed by atoms with E-state index in [1.807, 2.05) is 11.8 Å². The van der Waals surface area contributed by atoms with Crippen LogP contribution in [0.4, 0.5) is 0 Å². The quantitative estimate of drug-likeness (QED) is 0.786. The van der Waals surface area contributed by atoms with Crippen LogP contribution < -0.4 is 5.73 Å². The Balaban J connectivity index is 2.73. The van der Waals surface area contributed by atoms with Gasteiger partial charge in [-0.25, -0.2) is 0 Å². The standard InChI is InChI=1S/C14H28N2O2/c1-4-12(3)10-16(5-2)13(17)14(11-15)6-8-18-9-7-14/h12H,4-11,15H2,1-3H3. The Morgan fingerprint density at radius 1 is 1.39 bits per heavy atom. The fourth-order valence-corrected chi connectivity index (χ4v) is 2.46. The van der Waals surface area contributed by atoms with Crippen LogP contribution >= 0.6 is 0 Å². The van der Waals surface area contributed by atoms with Crippen molar-refractivity contribution in [2.75, 3.05) is 32.8 Å². The van der Waals surface area contributed by atoms with E-state index in [0.717, 1.165) is 32.4 Å². The molecule has 1 unspecified atom stereocenters. The molecule has 0 saturated carbocycles. The molecule has 4 heteroatoms. The Bertz CT molecular complexity index is 263. The maximum absolute atomic E-state index is 12.7. The molecule has 0 aromatic heterocycles. The number of hydrogen-bond acceptors (Lipinski definition) is 3. The lowest BCUT2D eigenvalue weighted by molar-refractivity contribution is -0.147. The van der Waals surface area contributed by atoms with E-state index in [1.54, 1.807) is 0 Å². The van der Waals surface area contributed by atoms with Gasteiger partial charge < -0.3 is 15.4 Å². The molecule has 1 fully saturated rings. The van der Waals surface area contributed by atoms with E-state index in [4.69, 9.17) is 10.5 Å². The number of carbonyl (C=O) groups is 1. The number of amides is 1. The normalized spacial score (nSPS) is 20.4. The van der Waals surface area contributed by atoms with Crippen molar-refractivity contribution in [2.24, 2.45) is 17.1 Å². The zero-order chi connectivity index (χ0) is 13.6. The number of nitrogens with two attached hydrogens (primary N) is 1. The summed E-state index contributed by atoms with van der Waals surface area (Å²) in [5, 5.41) is 0. The van der Waals surface area contributed by atoms with E-state index >= 15 is 0 Å². The smallest absolute Gasteiger partial charge is 0.230 e. The largest absolute Gasteiger partial charge is 0.381 e. The van der Waals surface area contributed by atoms with Gasteiger partial charge in [-0.05, 0) is 25.7 Å². The first-order chi connectivity index (χ1) is 8.59. The van der Waals surface area contributed by atoms with Gasteiger partial charge in [-0.3, -0.25) is 4.79 Å². The molecule has 1 aliphatic rings. The average molecular weight is 256 g/mol. The molecule has 2 N–H and O–H groups in total. The maximum Gasteiger partial charge on any atom is 0.230 e. The number of hydrogen-bond donors (Lipinski definition) is 1. The third kappa shape index (κ3) is 3.45. The second kappa shape index (κ2) is 7.10. The number of nitrogens with zero attached hydrogens (tertiary/aromatic N) is 1. The van der Waals surface area contributed by atoms with E-state index < -0.39 is 0 Å². The second-order valence-corrected chi connectivity index (χ2v) is 5.45. The molecule has 4 nitrogen and oxygen atoms in total. The Hall–Kier alpha value is -0.610. The molecule has 0 bridgehead atoms. The van der Waals surface area contributed by atoms with Crippen LogP contribution in [0.25, 0.3) is 0 Å². The Labute approximate surface area is 111 Å². The molecular formula is C14H28N2O2. The van der Waals surface area contributed by atoms with Crippen LogP contribution in [0.1, 0.15) is 40.0 Å². The van der Waals surface area contributed by atoms with Gasteiger partial charge in [0.15, 0.2) is 0 Å². The van der Waals surface area contributed by atoms with Crippen LogP contribution in [0.15, 0.2) is 0 Å². The van der Waals surface area contributed by atoms with E-state index in [0.29, 0.717) is 25.7 Å². The van der Waals surface area contributed by atoms with Crippen LogP contribution in [-0.4, -0.2) is 43.7 Å². The lowest BCUT2D eigenvalue weighted by atomic mass is 9.78. The topological polar surface area (TPSA) is 55.6 Å². The van der Waals surface area contributed by atoms with Crippen molar-refractivity contribution in [2.45, 2.75) is 40.0 Å². The Morgan fingerprint density at radius 2 is 2.00 bits per heavy atom. The van der Waals surface area contributed by atoms with Gasteiger partial charge in [0.2, 0.25) is 5.91 Å². The van der Waals surface area contributed by atoms with Crippen molar-refractivity contribution in [1.29, 1.82) is 0 Å². The van der Waals surface area contributed by atoms with Gasteiger partial charge in [-0.15, -0.1) is 0 Å². The van der Waals surface area contributed by atoms with Crippen LogP contribution in [-0.2, 0) is 9.53 Å². The van der Waals surface area contributed by atoms with Crippen molar-refractivity contribution in [3.05, 3.63) is 0 Å². The van der Waals surface area contributed by atoms with Gasteiger partial charge in [0.05, 0.1) is 5.41 Å². The summed E-state index contributed by atoms with van der Waals surface area (Å²) in [6, 6.07) is 0. The first kappa shape index (κ1) is 15.4. The predicted octanol–water partition coefficient (Wildman–Crippen LogP) is 1.64. The highest BCUT2D eigenvalue weighted by Crippen LogP contribution is 2.32. The lowest BCUT2D eigenvalue weighted by Crippen LogP contribution is -2.51. The van der Waals surface area contributed by atoms with Gasteiger partial charge in [0, 0.05) is 32.8 Å². The molecule has 1 saturated heterocycles. The highest BCUT2D eigenvalue weighted by atomic mass is 16.5. The molecule has 0 spiro atoms. The molecule has 1 heterocycles. The molecule has 1 rings (SSSR count). The fourth-order valence-electron chi connectivity index (χ4n) is 2.46. The van der Waals surface area contributed by atoms with Crippen LogP contribution in [0.5, 0.6) is 0 Å². The first-order valence-corrected chi connectivity index (χ1v) is 7.16. The van der Waals surface area contributed by atoms with Gasteiger partial charge in [0.25, 0.3) is 0 Å². The van der Waals surface area contributed by atoms with Crippen molar-refractivity contribution in [3.63, 3.8) is 0 Å². The van der Waals surface area contributed by atoms with E-state index in [9.17, 15) is 4.79 Å². The van der Waals surface area contributed by atoms with Gasteiger partial charge in [-0.2, -0.15) is 0 Å². The molecule has 1 atom stereocenters. The molecular weight excluding hydrogens is 228 g/mol. The number of rotatable bonds is 6. The summed E-state index contributed by atoms with van der Waals surface area (Å²) in [4.78, 5) is 14.7. The van der Waals surface area contributed by atoms with Crippen LogP contribution in [0.2, 0.25) is 0 Å². The molecule has 1 amide bonds. The molecule has 106 valence electrons. The summed E-state index contributed by atoms with van der Waals surface area (Å²) in [7, 11) is 0. The van der Waals surface area contributed by atoms with E-state index in [-0.39, 0.29) is 11.3 Å².